The molecule has 0 aliphatic rings. The molecule has 4 nitrogen and oxygen atoms in total. The fourth-order valence-electron chi connectivity index (χ4n) is 4.44. The van der Waals surface area contributed by atoms with E-state index in [4.69, 9.17) is 0 Å². The molecule has 0 unspecified atom stereocenters. The second kappa shape index (κ2) is 7.81. The van der Waals surface area contributed by atoms with Crippen molar-refractivity contribution in [2.75, 3.05) is 0 Å². The number of nitrogens with zero attached hydrogens (tertiary/aromatic N) is 3. The first kappa shape index (κ1) is 19.1. The molecule has 0 aliphatic carbocycles. The molecule has 6 aromatic rings. The summed E-state index contributed by atoms with van der Waals surface area (Å²) in [5.41, 5.74) is 5.67. The number of benzene rings is 4. The number of allylic oxidation sites excluding steroid dienone is 1. The predicted molar refractivity (Wildman–Crippen MR) is 135 cm³/mol. The molecule has 0 bridgehead atoms. The van der Waals surface area contributed by atoms with E-state index in [0.29, 0.717) is 11.4 Å². The standard InChI is InChI=1S/C29H20N4/c30-17-23(29-31-26-10-4-5-11-27(26)32-29)16-24-19-33(28-12-6-3-9-25(24)28)18-20-13-14-21-7-1-2-8-22(21)15-20/h1-16,19H,18H2,(H,31,32)/b23-16-. The van der Waals surface area contributed by atoms with Crippen LogP contribution in [0.15, 0.2) is 97.2 Å². The van der Waals surface area contributed by atoms with Crippen molar-refractivity contribution in [3.63, 3.8) is 0 Å². The lowest BCUT2D eigenvalue weighted by atomic mass is 10.1. The highest BCUT2D eigenvalue weighted by atomic mass is 15.0. The quantitative estimate of drug-likeness (QED) is 0.317. The summed E-state index contributed by atoms with van der Waals surface area (Å²) in [6.45, 7) is 0.756. The molecule has 156 valence electrons. The van der Waals surface area contributed by atoms with Gasteiger partial charge in [0.2, 0.25) is 0 Å². The van der Waals surface area contributed by atoms with Crippen LogP contribution in [0.2, 0.25) is 0 Å². The van der Waals surface area contributed by atoms with Crippen molar-refractivity contribution < 1.29 is 0 Å². The summed E-state index contributed by atoms with van der Waals surface area (Å²) >= 11 is 0. The molecule has 0 saturated heterocycles. The maximum atomic E-state index is 9.90. The van der Waals surface area contributed by atoms with Crippen molar-refractivity contribution in [3.05, 3.63) is 114 Å². The molecule has 0 fully saturated rings. The Morgan fingerprint density at radius 3 is 2.58 bits per heavy atom. The number of H-pyrrole nitrogens is 1. The Morgan fingerprint density at radius 2 is 1.70 bits per heavy atom. The summed E-state index contributed by atoms with van der Waals surface area (Å²) in [4.78, 5) is 7.88. The number of aromatic amines is 1. The number of aromatic nitrogens is 3. The van der Waals surface area contributed by atoms with Crippen LogP contribution in [0.3, 0.4) is 0 Å². The normalized spacial score (nSPS) is 11.9. The molecule has 0 atom stereocenters. The fourth-order valence-corrected chi connectivity index (χ4v) is 4.44. The molecule has 0 spiro atoms. The van der Waals surface area contributed by atoms with Crippen LogP contribution in [0.5, 0.6) is 0 Å². The van der Waals surface area contributed by atoms with Crippen LogP contribution in [0.25, 0.3) is 44.4 Å². The van der Waals surface area contributed by atoms with Crippen molar-refractivity contribution in [1.29, 1.82) is 5.26 Å². The Hall–Kier alpha value is -4.62. The largest absolute Gasteiger partial charge is 0.342 e. The van der Waals surface area contributed by atoms with Crippen molar-refractivity contribution in [2.24, 2.45) is 0 Å². The van der Waals surface area contributed by atoms with Crippen molar-refractivity contribution >= 4 is 44.4 Å². The van der Waals surface area contributed by atoms with Gasteiger partial charge in [-0.05, 0) is 46.7 Å². The summed E-state index contributed by atoms with van der Waals surface area (Å²) < 4.78 is 2.25. The zero-order chi connectivity index (χ0) is 22.2. The van der Waals surface area contributed by atoms with Crippen molar-refractivity contribution in [3.8, 4) is 6.07 Å². The summed E-state index contributed by atoms with van der Waals surface area (Å²) in [6.07, 6.45) is 4.05. The van der Waals surface area contributed by atoms with E-state index in [0.717, 1.165) is 34.0 Å². The van der Waals surface area contributed by atoms with Gasteiger partial charge in [-0.1, -0.05) is 66.7 Å². The molecule has 4 heteroatoms. The second-order valence-corrected chi connectivity index (χ2v) is 8.18. The van der Waals surface area contributed by atoms with E-state index >= 15 is 0 Å². The van der Waals surface area contributed by atoms with Crippen LogP contribution in [-0.2, 0) is 6.54 Å². The molecule has 0 saturated carbocycles. The Balaban J connectivity index is 1.43. The van der Waals surface area contributed by atoms with Crippen LogP contribution >= 0.6 is 0 Å². The number of para-hydroxylation sites is 3. The fraction of sp³-hybridized carbons (Fsp3) is 0.0345. The molecule has 2 aromatic heterocycles. The van der Waals surface area contributed by atoms with Gasteiger partial charge in [-0.2, -0.15) is 5.26 Å². The van der Waals surface area contributed by atoms with Gasteiger partial charge in [-0.3, -0.25) is 0 Å². The van der Waals surface area contributed by atoms with E-state index in [1.54, 1.807) is 0 Å². The topological polar surface area (TPSA) is 57.4 Å². The molecule has 33 heavy (non-hydrogen) atoms. The molecular weight excluding hydrogens is 404 g/mol. The Labute approximate surface area is 191 Å². The Bertz CT molecular complexity index is 1680. The van der Waals surface area contributed by atoms with Crippen molar-refractivity contribution in [2.45, 2.75) is 6.54 Å². The predicted octanol–water partition coefficient (Wildman–Crippen LogP) is 6.78. The molecule has 0 aliphatic heterocycles. The lowest BCUT2D eigenvalue weighted by Gasteiger charge is -2.07. The third-order valence-electron chi connectivity index (χ3n) is 6.05. The number of rotatable bonds is 4. The molecule has 2 heterocycles. The lowest BCUT2D eigenvalue weighted by Crippen LogP contribution is -1.97. The highest BCUT2D eigenvalue weighted by Gasteiger charge is 2.12. The number of imidazole rings is 1. The monoisotopic (exact) mass is 424 g/mol. The SMILES string of the molecule is N#C/C(=C/c1cn(Cc2ccc3ccccc3c2)c2ccccc12)c1nc2ccccc2[nH]1. The first-order chi connectivity index (χ1) is 16.3. The zero-order valence-electron chi connectivity index (χ0n) is 17.9. The number of hydrogen-bond donors (Lipinski definition) is 1. The summed E-state index contributed by atoms with van der Waals surface area (Å²) in [6, 6.07) is 33.5. The van der Waals surface area contributed by atoms with Crippen LogP contribution in [0.1, 0.15) is 17.0 Å². The molecular formula is C29H20N4. The second-order valence-electron chi connectivity index (χ2n) is 8.18. The first-order valence-electron chi connectivity index (χ1n) is 10.9. The third kappa shape index (κ3) is 3.46. The highest BCUT2D eigenvalue weighted by Crippen LogP contribution is 2.27. The average molecular weight is 425 g/mol. The minimum atomic E-state index is 0.514. The highest BCUT2D eigenvalue weighted by molar-refractivity contribution is 5.98. The van der Waals surface area contributed by atoms with Gasteiger partial charge in [-0.25, -0.2) is 4.98 Å². The molecule has 4 aromatic carbocycles. The first-order valence-corrected chi connectivity index (χ1v) is 10.9. The maximum Gasteiger partial charge on any atom is 0.149 e. The molecule has 1 N–H and O–H groups in total. The lowest BCUT2D eigenvalue weighted by molar-refractivity contribution is 0.837. The van der Waals surface area contributed by atoms with Gasteiger partial charge in [0.05, 0.1) is 16.6 Å². The molecule has 0 amide bonds. The Kier molecular flexibility index (Phi) is 4.52. The number of hydrogen-bond acceptors (Lipinski definition) is 2. The maximum absolute atomic E-state index is 9.90. The van der Waals surface area contributed by atoms with E-state index in [1.165, 1.54) is 16.3 Å². The van der Waals surface area contributed by atoms with Crippen molar-refractivity contribution in [1.82, 2.24) is 14.5 Å². The molecule has 6 rings (SSSR count). The van der Waals surface area contributed by atoms with Crippen LogP contribution in [-0.4, -0.2) is 14.5 Å². The average Bonchev–Trinajstić information content (AvgIpc) is 3.44. The van der Waals surface area contributed by atoms with Gasteiger partial charge < -0.3 is 9.55 Å². The number of nitriles is 1. The smallest absolute Gasteiger partial charge is 0.149 e. The minimum Gasteiger partial charge on any atom is -0.342 e. The van der Waals surface area contributed by atoms with Gasteiger partial charge in [-0.15, -0.1) is 0 Å². The summed E-state index contributed by atoms with van der Waals surface area (Å²) in [5, 5.41) is 13.5. The van der Waals surface area contributed by atoms with Gasteiger partial charge in [0, 0.05) is 29.2 Å². The van der Waals surface area contributed by atoms with Crippen LogP contribution in [0.4, 0.5) is 0 Å². The van der Waals surface area contributed by atoms with E-state index in [1.807, 2.05) is 36.4 Å². The Morgan fingerprint density at radius 1 is 0.909 bits per heavy atom. The van der Waals surface area contributed by atoms with Gasteiger partial charge in [0.1, 0.15) is 11.9 Å². The number of fused-ring (bicyclic) bond motifs is 3. The number of nitrogens with one attached hydrogen (secondary N) is 1. The van der Waals surface area contributed by atoms with Gasteiger partial charge >= 0.3 is 0 Å². The van der Waals surface area contributed by atoms with Crippen LogP contribution < -0.4 is 0 Å². The van der Waals surface area contributed by atoms with E-state index in [-0.39, 0.29) is 0 Å². The van der Waals surface area contributed by atoms with Crippen LogP contribution in [0, 0.1) is 11.3 Å². The van der Waals surface area contributed by atoms with E-state index in [2.05, 4.69) is 87.5 Å². The zero-order valence-corrected chi connectivity index (χ0v) is 17.9. The van der Waals surface area contributed by atoms with Gasteiger partial charge in [0.15, 0.2) is 0 Å². The summed E-state index contributed by atoms with van der Waals surface area (Å²) in [5.74, 6) is 0.588. The minimum absolute atomic E-state index is 0.514. The van der Waals surface area contributed by atoms with Gasteiger partial charge in [0.25, 0.3) is 0 Å². The molecule has 0 radical (unpaired) electrons. The third-order valence-corrected chi connectivity index (χ3v) is 6.05. The van der Waals surface area contributed by atoms with E-state index < -0.39 is 0 Å². The van der Waals surface area contributed by atoms with E-state index in [9.17, 15) is 5.26 Å². The summed E-state index contributed by atoms with van der Waals surface area (Å²) in [7, 11) is 0.